The number of rotatable bonds is 7. The van der Waals surface area contributed by atoms with E-state index in [2.05, 4.69) is 20.9 Å². The molecule has 3 rings (SSSR count). The van der Waals surface area contributed by atoms with Crippen LogP contribution in [-0.2, 0) is 16.1 Å². The van der Waals surface area contributed by atoms with Gasteiger partial charge in [-0.05, 0) is 56.9 Å². The highest BCUT2D eigenvalue weighted by Gasteiger charge is 2.32. The van der Waals surface area contributed by atoms with Gasteiger partial charge >= 0.3 is 0 Å². The Morgan fingerprint density at radius 1 is 1.30 bits per heavy atom. The maximum Gasteiger partial charge on any atom is 0.226 e. The van der Waals surface area contributed by atoms with Crippen molar-refractivity contribution in [1.29, 1.82) is 0 Å². The Labute approximate surface area is 163 Å². The number of likely N-dealkylation sites (N-methyl/N-ethyl adjacent to an activating group) is 1. The van der Waals surface area contributed by atoms with E-state index in [0.717, 1.165) is 45.6 Å². The molecule has 1 aromatic heterocycles. The third kappa shape index (κ3) is 5.74. The molecule has 0 radical (unpaired) electrons. The molecule has 0 aliphatic carbocycles. The molecule has 0 aromatic carbocycles. The first-order chi connectivity index (χ1) is 13.2. The van der Waals surface area contributed by atoms with E-state index in [0.29, 0.717) is 19.2 Å². The lowest BCUT2D eigenvalue weighted by Gasteiger charge is -2.42. The largest absolute Gasteiger partial charge is 0.383 e. The van der Waals surface area contributed by atoms with Crippen LogP contribution in [0.15, 0.2) is 24.5 Å². The van der Waals surface area contributed by atoms with Crippen molar-refractivity contribution >= 4 is 5.91 Å². The second kappa shape index (κ2) is 10.2. The predicted molar refractivity (Wildman–Crippen MR) is 106 cm³/mol. The zero-order valence-electron chi connectivity index (χ0n) is 16.8. The van der Waals surface area contributed by atoms with Gasteiger partial charge in [0.05, 0.1) is 12.5 Å². The van der Waals surface area contributed by atoms with E-state index < -0.39 is 0 Å². The van der Waals surface area contributed by atoms with Crippen molar-refractivity contribution in [2.45, 2.75) is 38.3 Å². The minimum absolute atomic E-state index is 0.147. The summed E-state index contributed by atoms with van der Waals surface area (Å²) >= 11 is 0. The quantitative estimate of drug-likeness (QED) is 0.729. The smallest absolute Gasteiger partial charge is 0.226 e. The summed E-state index contributed by atoms with van der Waals surface area (Å²) in [5.41, 5.74) is 1.29. The number of amides is 1. The number of aromatic nitrogens is 1. The van der Waals surface area contributed by atoms with Crippen LogP contribution in [0, 0.1) is 5.92 Å². The molecule has 2 fully saturated rings. The van der Waals surface area contributed by atoms with E-state index in [9.17, 15) is 4.79 Å². The Kier molecular flexibility index (Phi) is 7.61. The van der Waals surface area contributed by atoms with Crippen LogP contribution in [0.3, 0.4) is 0 Å². The van der Waals surface area contributed by atoms with Crippen molar-refractivity contribution in [3.05, 3.63) is 30.1 Å². The molecule has 150 valence electrons. The molecule has 6 heteroatoms. The van der Waals surface area contributed by atoms with Crippen molar-refractivity contribution in [3.8, 4) is 0 Å². The molecule has 2 aliphatic rings. The highest BCUT2D eigenvalue weighted by atomic mass is 16.5. The number of ether oxygens (including phenoxy) is 1. The van der Waals surface area contributed by atoms with E-state index in [1.165, 1.54) is 18.4 Å². The van der Waals surface area contributed by atoms with E-state index in [4.69, 9.17) is 4.74 Å². The first-order valence-corrected chi connectivity index (χ1v) is 10.3. The molecule has 3 heterocycles. The molecule has 0 N–H and O–H groups in total. The summed E-state index contributed by atoms with van der Waals surface area (Å²) < 4.78 is 5.11. The molecule has 0 spiro atoms. The van der Waals surface area contributed by atoms with Crippen molar-refractivity contribution in [1.82, 2.24) is 19.7 Å². The number of hydrogen-bond donors (Lipinski definition) is 0. The molecule has 6 nitrogen and oxygen atoms in total. The summed E-state index contributed by atoms with van der Waals surface area (Å²) in [5, 5.41) is 0. The van der Waals surface area contributed by atoms with Crippen molar-refractivity contribution in [2.24, 2.45) is 5.92 Å². The second-order valence-electron chi connectivity index (χ2n) is 7.96. The van der Waals surface area contributed by atoms with Gasteiger partial charge in [0.25, 0.3) is 0 Å². The lowest BCUT2D eigenvalue weighted by Crippen LogP contribution is -2.51. The number of carbonyl (C=O) groups excluding carboxylic acids is 1. The van der Waals surface area contributed by atoms with Crippen molar-refractivity contribution in [2.75, 3.05) is 53.5 Å². The predicted octanol–water partition coefficient (Wildman–Crippen LogP) is 1.86. The van der Waals surface area contributed by atoms with Crippen LogP contribution < -0.4 is 0 Å². The van der Waals surface area contributed by atoms with E-state index in [1.807, 2.05) is 30.4 Å². The summed E-state index contributed by atoms with van der Waals surface area (Å²) in [6, 6.07) is 4.78. The maximum atomic E-state index is 12.7. The zero-order valence-corrected chi connectivity index (χ0v) is 16.8. The third-order valence-corrected chi connectivity index (χ3v) is 6.01. The average molecular weight is 375 g/mol. The Balaban J connectivity index is 1.46. The summed E-state index contributed by atoms with van der Waals surface area (Å²) in [4.78, 5) is 23.9. The summed E-state index contributed by atoms with van der Waals surface area (Å²) in [7, 11) is 3.58. The van der Waals surface area contributed by atoms with Crippen LogP contribution in [0.25, 0.3) is 0 Å². The Morgan fingerprint density at radius 3 is 2.81 bits per heavy atom. The highest BCUT2D eigenvalue weighted by molar-refractivity contribution is 5.78. The molecule has 0 bridgehead atoms. The fourth-order valence-electron chi connectivity index (χ4n) is 4.38. The van der Waals surface area contributed by atoms with Crippen LogP contribution in [0.5, 0.6) is 0 Å². The minimum Gasteiger partial charge on any atom is -0.383 e. The molecule has 2 saturated heterocycles. The average Bonchev–Trinajstić information content (AvgIpc) is 2.73. The van der Waals surface area contributed by atoms with Gasteiger partial charge in [0.1, 0.15) is 0 Å². The Bertz CT molecular complexity index is 575. The Hall–Kier alpha value is -1.50. The standard InChI is InChI=1S/C21H34N4O2/c1-23(13-14-27-2)21(26)19-6-4-10-25(17-19)20-7-11-24(12-8-20)16-18-5-3-9-22-15-18/h3,5,9,15,19-20H,4,6-8,10-14,16-17H2,1-2H3. The van der Waals surface area contributed by atoms with E-state index >= 15 is 0 Å². The van der Waals surface area contributed by atoms with Crippen LogP contribution in [0.1, 0.15) is 31.2 Å². The van der Waals surface area contributed by atoms with Crippen LogP contribution in [0.4, 0.5) is 0 Å². The molecular weight excluding hydrogens is 340 g/mol. The number of pyridine rings is 1. The fourth-order valence-corrected chi connectivity index (χ4v) is 4.38. The number of hydrogen-bond acceptors (Lipinski definition) is 5. The molecular formula is C21H34N4O2. The van der Waals surface area contributed by atoms with Crippen LogP contribution in [0.2, 0.25) is 0 Å². The van der Waals surface area contributed by atoms with E-state index in [-0.39, 0.29) is 11.8 Å². The third-order valence-electron chi connectivity index (χ3n) is 6.01. The topological polar surface area (TPSA) is 48.9 Å². The molecule has 2 aliphatic heterocycles. The van der Waals surface area contributed by atoms with Crippen molar-refractivity contribution in [3.63, 3.8) is 0 Å². The first-order valence-electron chi connectivity index (χ1n) is 10.3. The van der Waals surface area contributed by atoms with Gasteiger partial charge in [0.2, 0.25) is 5.91 Å². The maximum absolute atomic E-state index is 12.7. The molecule has 27 heavy (non-hydrogen) atoms. The molecule has 1 amide bonds. The lowest BCUT2D eigenvalue weighted by molar-refractivity contribution is -0.137. The fraction of sp³-hybridized carbons (Fsp3) is 0.714. The Morgan fingerprint density at radius 2 is 2.11 bits per heavy atom. The molecule has 1 atom stereocenters. The highest BCUT2D eigenvalue weighted by Crippen LogP contribution is 2.25. The van der Waals surface area contributed by atoms with Gasteiger partial charge in [-0.25, -0.2) is 0 Å². The van der Waals surface area contributed by atoms with Gasteiger partial charge in [-0.15, -0.1) is 0 Å². The number of nitrogens with zero attached hydrogens (tertiary/aromatic N) is 4. The van der Waals surface area contributed by atoms with Crippen LogP contribution in [-0.4, -0.2) is 85.1 Å². The van der Waals surface area contributed by atoms with Gasteiger partial charge in [-0.3, -0.25) is 19.6 Å². The van der Waals surface area contributed by atoms with Crippen molar-refractivity contribution < 1.29 is 9.53 Å². The second-order valence-corrected chi connectivity index (χ2v) is 7.96. The number of methoxy groups -OCH3 is 1. The molecule has 1 aromatic rings. The van der Waals surface area contributed by atoms with Gasteiger partial charge in [0.15, 0.2) is 0 Å². The number of carbonyl (C=O) groups is 1. The van der Waals surface area contributed by atoms with Gasteiger partial charge < -0.3 is 9.64 Å². The number of piperidine rings is 2. The molecule has 0 saturated carbocycles. The van der Waals surface area contributed by atoms with Gasteiger partial charge in [-0.2, -0.15) is 0 Å². The zero-order chi connectivity index (χ0) is 19.1. The summed E-state index contributed by atoms with van der Waals surface area (Å²) in [6.45, 7) is 6.59. The SMILES string of the molecule is COCCN(C)C(=O)C1CCCN(C2CCN(Cc3cccnc3)CC2)C1. The summed E-state index contributed by atoms with van der Waals surface area (Å²) in [6.07, 6.45) is 8.34. The lowest BCUT2D eigenvalue weighted by atomic mass is 9.93. The monoisotopic (exact) mass is 374 g/mol. The summed E-state index contributed by atoms with van der Waals surface area (Å²) in [5.74, 6) is 0.430. The van der Waals surface area contributed by atoms with Crippen LogP contribution >= 0.6 is 0 Å². The van der Waals surface area contributed by atoms with Gasteiger partial charge in [0, 0.05) is 52.2 Å². The van der Waals surface area contributed by atoms with E-state index in [1.54, 1.807) is 7.11 Å². The number of likely N-dealkylation sites (tertiary alicyclic amines) is 2. The normalized spacial score (nSPS) is 22.7. The first kappa shape index (κ1) is 20.2. The minimum atomic E-state index is 0.147. The van der Waals surface area contributed by atoms with Gasteiger partial charge in [-0.1, -0.05) is 6.07 Å². The molecule has 1 unspecified atom stereocenters.